The summed E-state index contributed by atoms with van der Waals surface area (Å²) in [5, 5.41) is 1.95. The van der Waals surface area contributed by atoms with Crippen LogP contribution >= 0.6 is 0 Å². The molecule has 6 nitrogen and oxygen atoms in total. The van der Waals surface area contributed by atoms with Gasteiger partial charge in [-0.2, -0.15) is 13.2 Å². The third kappa shape index (κ3) is 4.06. The van der Waals surface area contributed by atoms with Crippen LogP contribution in [-0.4, -0.2) is 41.3 Å². The summed E-state index contributed by atoms with van der Waals surface area (Å²) < 4.78 is 49.9. The second kappa shape index (κ2) is 8.80. The van der Waals surface area contributed by atoms with Crippen molar-refractivity contribution in [2.75, 3.05) is 7.11 Å². The summed E-state index contributed by atoms with van der Waals surface area (Å²) in [6, 6.07) is 13.3. The molecule has 190 valence electrons. The third-order valence-electron chi connectivity index (χ3n) is 6.81. The van der Waals surface area contributed by atoms with Crippen molar-refractivity contribution < 1.29 is 32.3 Å². The molecule has 0 unspecified atom stereocenters. The summed E-state index contributed by atoms with van der Waals surface area (Å²) in [6.45, 7) is 5.16. The second-order valence-corrected chi connectivity index (χ2v) is 9.95. The van der Waals surface area contributed by atoms with Gasteiger partial charge in [0.05, 0.1) is 18.7 Å². The smallest absolute Gasteiger partial charge is 0.425 e. The summed E-state index contributed by atoms with van der Waals surface area (Å²) in [5.41, 5.74) is -4.34. The van der Waals surface area contributed by atoms with Gasteiger partial charge < -0.3 is 15.0 Å². The van der Waals surface area contributed by atoms with Gasteiger partial charge in [0.1, 0.15) is 5.75 Å². The highest BCUT2D eigenvalue weighted by Crippen LogP contribution is 2.53. The molecule has 2 aliphatic rings. The number of ketones is 1. The number of carbonyl (C=O) groups is 3. The summed E-state index contributed by atoms with van der Waals surface area (Å²) in [7, 11) is 1.41. The number of alkyl halides is 3. The van der Waals surface area contributed by atoms with Crippen molar-refractivity contribution >= 4 is 17.6 Å². The Morgan fingerprint density at radius 1 is 1.03 bits per heavy atom. The van der Waals surface area contributed by atoms with E-state index in [1.807, 2.05) is 5.32 Å². The number of benzene rings is 2. The molecule has 2 atom stereocenters. The molecular weight excluding hydrogens is 473 g/mol. The fourth-order valence-corrected chi connectivity index (χ4v) is 5.05. The monoisotopic (exact) mass is 500 g/mol. The fraction of sp³-hybridized carbons (Fsp3) is 0.370. The first-order chi connectivity index (χ1) is 16.8. The minimum Gasteiger partial charge on any atom is -0.497 e. The lowest BCUT2D eigenvalue weighted by molar-refractivity contribution is -0.191. The van der Waals surface area contributed by atoms with Crippen LogP contribution in [0.5, 0.6) is 5.75 Å². The molecule has 36 heavy (non-hydrogen) atoms. The summed E-state index contributed by atoms with van der Waals surface area (Å²) in [4.78, 5) is 41.3. The van der Waals surface area contributed by atoms with Gasteiger partial charge in [0.15, 0.2) is 5.78 Å². The Kier molecular flexibility index (Phi) is 6.22. The number of ether oxygens (including phenoxy) is 1. The minimum atomic E-state index is -5.27. The van der Waals surface area contributed by atoms with Crippen molar-refractivity contribution in [3.63, 3.8) is 0 Å². The van der Waals surface area contributed by atoms with Crippen molar-refractivity contribution in [3.05, 3.63) is 77.0 Å². The van der Waals surface area contributed by atoms with Gasteiger partial charge >= 0.3 is 6.18 Å². The lowest BCUT2D eigenvalue weighted by atomic mass is 9.72. The van der Waals surface area contributed by atoms with Crippen LogP contribution in [0.4, 0.5) is 13.2 Å². The van der Waals surface area contributed by atoms with E-state index in [1.54, 1.807) is 51.1 Å². The number of methoxy groups -OCH3 is 1. The Hall–Kier alpha value is -3.62. The average Bonchev–Trinajstić information content (AvgIpc) is 3.06. The van der Waals surface area contributed by atoms with E-state index < -0.39 is 46.3 Å². The highest BCUT2D eigenvalue weighted by atomic mass is 19.4. The molecule has 0 radical (unpaired) electrons. The lowest BCUT2D eigenvalue weighted by Crippen LogP contribution is -2.66. The van der Waals surface area contributed by atoms with Crippen molar-refractivity contribution in [3.8, 4) is 5.75 Å². The second-order valence-electron chi connectivity index (χ2n) is 9.95. The first-order valence-corrected chi connectivity index (χ1v) is 11.5. The van der Waals surface area contributed by atoms with Crippen LogP contribution in [0.3, 0.4) is 0 Å². The van der Waals surface area contributed by atoms with Gasteiger partial charge in [0, 0.05) is 17.7 Å². The van der Waals surface area contributed by atoms with Gasteiger partial charge in [-0.05, 0) is 48.6 Å². The van der Waals surface area contributed by atoms with E-state index >= 15 is 0 Å². The van der Waals surface area contributed by atoms with Crippen LogP contribution in [0.25, 0.3) is 0 Å². The molecule has 0 spiro atoms. The highest BCUT2D eigenvalue weighted by molar-refractivity contribution is 6.14. The fourth-order valence-electron chi connectivity index (χ4n) is 5.05. The number of Topliss-reactive ketones (excluding diaryl/α,β-unsaturated/α-hetero) is 1. The zero-order chi connectivity index (χ0) is 26.5. The number of nitrogens with one attached hydrogen (secondary N) is 1. The Morgan fingerprint density at radius 3 is 2.19 bits per heavy atom. The molecule has 9 heteroatoms. The van der Waals surface area contributed by atoms with Crippen LogP contribution in [0, 0.1) is 5.41 Å². The minimum absolute atomic E-state index is 0.00459. The lowest BCUT2D eigenvalue weighted by Gasteiger charge is -2.35. The maximum absolute atomic E-state index is 15.0. The standard InChI is InChI=1S/C27H27F3N2O4/c1-16(17-8-6-5-7-9-17)32-20-14-25(2,3)15-21(33)22(20)26(24(32)35,27(28,29)30)31-23(34)18-10-12-19(36-4)13-11-18/h5-13,16H,14-15H2,1-4H3,(H,31,34)/t16-,26+/m0/s1. The molecule has 0 fully saturated rings. The molecule has 1 aliphatic carbocycles. The van der Waals surface area contributed by atoms with Gasteiger partial charge in [0.2, 0.25) is 5.54 Å². The first-order valence-electron chi connectivity index (χ1n) is 11.5. The van der Waals surface area contributed by atoms with Crippen molar-refractivity contribution in [2.24, 2.45) is 5.41 Å². The number of hydrogen-bond acceptors (Lipinski definition) is 4. The highest BCUT2D eigenvalue weighted by Gasteiger charge is 2.72. The molecule has 2 aromatic carbocycles. The summed E-state index contributed by atoms with van der Waals surface area (Å²) in [5.74, 6) is -2.90. The Morgan fingerprint density at radius 2 is 1.64 bits per heavy atom. The molecule has 0 bridgehead atoms. The number of allylic oxidation sites excluding steroid dienone is 1. The maximum atomic E-state index is 15.0. The van der Waals surface area contributed by atoms with Crippen LogP contribution in [-0.2, 0) is 9.59 Å². The van der Waals surface area contributed by atoms with E-state index in [-0.39, 0.29) is 24.1 Å². The van der Waals surface area contributed by atoms with Crippen molar-refractivity contribution in [1.82, 2.24) is 10.2 Å². The topological polar surface area (TPSA) is 75.7 Å². The zero-order valence-electron chi connectivity index (χ0n) is 20.4. The largest absolute Gasteiger partial charge is 0.497 e. The first kappa shape index (κ1) is 25.5. The van der Waals surface area contributed by atoms with Crippen molar-refractivity contribution in [2.45, 2.75) is 51.4 Å². The molecule has 0 saturated heterocycles. The van der Waals surface area contributed by atoms with E-state index in [9.17, 15) is 27.6 Å². The maximum Gasteiger partial charge on any atom is 0.425 e. The van der Waals surface area contributed by atoms with Gasteiger partial charge in [-0.15, -0.1) is 0 Å². The third-order valence-corrected chi connectivity index (χ3v) is 6.81. The molecule has 1 N–H and O–H groups in total. The van der Waals surface area contributed by atoms with Crippen LogP contribution < -0.4 is 10.1 Å². The molecule has 2 aromatic rings. The number of amides is 2. The average molecular weight is 501 g/mol. The Labute approximate surface area is 207 Å². The Bertz CT molecular complexity index is 1240. The number of carbonyl (C=O) groups excluding carboxylic acids is 3. The van der Waals surface area contributed by atoms with Gasteiger partial charge in [-0.3, -0.25) is 14.4 Å². The van der Waals surface area contributed by atoms with Crippen LogP contribution in [0.1, 0.15) is 55.6 Å². The predicted octanol–water partition coefficient (Wildman–Crippen LogP) is 4.97. The molecule has 1 heterocycles. The number of hydrogen-bond donors (Lipinski definition) is 1. The van der Waals surface area contributed by atoms with Gasteiger partial charge in [0.25, 0.3) is 11.8 Å². The molecule has 4 rings (SSSR count). The van der Waals surface area contributed by atoms with E-state index in [4.69, 9.17) is 4.74 Å². The van der Waals surface area contributed by atoms with Crippen LogP contribution in [0.15, 0.2) is 65.9 Å². The Balaban J connectivity index is 1.88. The summed E-state index contributed by atoms with van der Waals surface area (Å²) >= 11 is 0. The number of rotatable bonds is 5. The molecule has 2 amide bonds. The van der Waals surface area contributed by atoms with Crippen molar-refractivity contribution in [1.29, 1.82) is 0 Å². The normalized spacial score (nSPS) is 22.4. The van der Waals surface area contributed by atoms with E-state index in [0.717, 1.165) is 4.90 Å². The van der Waals surface area contributed by atoms with Crippen LogP contribution in [0.2, 0.25) is 0 Å². The number of halogens is 3. The van der Waals surface area contributed by atoms with Gasteiger partial charge in [-0.1, -0.05) is 44.2 Å². The molecule has 0 aromatic heterocycles. The zero-order valence-corrected chi connectivity index (χ0v) is 20.4. The predicted molar refractivity (Wildman–Crippen MR) is 126 cm³/mol. The molecule has 0 saturated carbocycles. The molecular formula is C27H27F3N2O4. The quantitative estimate of drug-likeness (QED) is 0.629. The van der Waals surface area contributed by atoms with E-state index in [0.29, 0.717) is 11.3 Å². The summed E-state index contributed by atoms with van der Waals surface area (Å²) in [6.07, 6.45) is -5.37. The SMILES string of the molecule is COc1ccc(C(=O)N[C@@]2(C(F)(F)F)C(=O)N([C@@H](C)c3ccccc3)C3=C2C(=O)CC(C)(C)C3)cc1. The van der Waals surface area contributed by atoms with Gasteiger partial charge in [-0.25, -0.2) is 0 Å². The van der Waals surface area contributed by atoms with E-state index in [1.165, 1.54) is 31.4 Å². The van der Waals surface area contributed by atoms with E-state index in [2.05, 4.69) is 0 Å². The number of nitrogens with zero attached hydrogens (tertiary/aromatic N) is 1. The molecule has 1 aliphatic heterocycles.